The van der Waals surface area contributed by atoms with Gasteiger partial charge in [-0.05, 0) is 55.9 Å². The Morgan fingerprint density at radius 3 is 2.74 bits per heavy atom. The molecule has 3 aliphatic rings. The summed E-state index contributed by atoms with van der Waals surface area (Å²) in [6.07, 6.45) is 6.83. The van der Waals surface area contributed by atoms with Crippen LogP contribution in [-0.2, 0) is 6.54 Å². The predicted octanol–water partition coefficient (Wildman–Crippen LogP) is 3.70. The predicted molar refractivity (Wildman–Crippen MR) is 118 cm³/mol. The van der Waals surface area contributed by atoms with E-state index in [1.54, 1.807) is 0 Å². The molecule has 7 nitrogen and oxygen atoms in total. The summed E-state index contributed by atoms with van der Waals surface area (Å²) in [6, 6.07) is 8.14. The van der Waals surface area contributed by atoms with Gasteiger partial charge in [-0.1, -0.05) is 35.8 Å². The molecular weight excluding hydrogens is 390 g/mol. The van der Waals surface area contributed by atoms with Crippen molar-refractivity contribution < 1.29 is 9.32 Å². The lowest BCUT2D eigenvalue weighted by molar-refractivity contribution is 0.126. The van der Waals surface area contributed by atoms with Crippen molar-refractivity contribution in [3.63, 3.8) is 0 Å². The van der Waals surface area contributed by atoms with E-state index in [1.165, 1.54) is 25.7 Å². The smallest absolute Gasteiger partial charge is 0.317 e. The first-order valence-corrected chi connectivity index (χ1v) is 11.8. The largest absolute Gasteiger partial charge is 0.338 e. The number of nitrogens with one attached hydrogen (secondary N) is 1. The Labute approximate surface area is 184 Å². The van der Waals surface area contributed by atoms with Crippen LogP contribution < -0.4 is 5.32 Å². The van der Waals surface area contributed by atoms with Crippen molar-refractivity contribution in [3.05, 3.63) is 35.7 Å². The normalized spacial score (nSPS) is 25.8. The number of carbonyl (C=O) groups is 1. The van der Waals surface area contributed by atoms with Crippen molar-refractivity contribution >= 4 is 6.03 Å². The molecule has 166 valence electrons. The maximum absolute atomic E-state index is 12.5. The van der Waals surface area contributed by atoms with Gasteiger partial charge < -0.3 is 14.7 Å². The van der Waals surface area contributed by atoms with E-state index in [0.29, 0.717) is 18.3 Å². The Morgan fingerprint density at radius 2 is 2.00 bits per heavy atom. The number of carbonyl (C=O) groups excluding carboxylic acids is 1. The molecule has 5 rings (SSSR count). The Bertz CT molecular complexity index is 905. The van der Waals surface area contributed by atoms with Crippen LogP contribution in [0.1, 0.15) is 43.6 Å². The van der Waals surface area contributed by atoms with Gasteiger partial charge in [0.15, 0.2) is 0 Å². The fourth-order valence-electron chi connectivity index (χ4n) is 5.76. The summed E-state index contributed by atoms with van der Waals surface area (Å²) in [6.45, 7) is 6.60. The molecule has 0 spiro atoms. The number of nitrogens with zero attached hydrogens (tertiary/aromatic N) is 4. The number of aromatic nitrogens is 2. The highest BCUT2D eigenvalue weighted by Crippen LogP contribution is 2.49. The number of hydrogen-bond acceptors (Lipinski definition) is 5. The van der Waals surface area contributed by atoms with Crippen LogP contribution in [0, 0.1) is 24.7 Å². The van der Waals surface area contributed by atoms with E-state index >= 15 is 0 Å². The summed E-state index contributed by atoms with van der Waals surface area (Å²) in [5.74, 6) is 4.02. The van der Waals surface area contributed by atoms with Gasteiger partial charge in [0.1, 0.15) is 0 Å². The molecule has 3 fully saturated rings. The average molecular weight is 424 g/mol. The lowest BCUT2D eigenvalue weighted by Crippen LogP contribution is -2.51. The number of urea groups is 1. The molecule has 1 aromatic carbocycles. The topological polar surface area (TPSA) is 74.5 Å². The minimum absolute atomic E-state index is 0.0856. The molecule has 3 atom stereocenters. The first-order valence-electron chi connectivity index (χ1n) is 11.8. The molecule has 3 unspecified atom stereocenters. The molecule has 1 aromatic heterocycles. The fourth-order valence-corrected chi connectivity index (χ4v) is 5.76. The van der Waals surface area contributed by atoms with Crippen LogP contribution in [0.15, 0.2) is 28.8 Å². The van der Waals surface area contributed by atoms with Gasteiger partial charge in [0.25, 0.3) is 0 Å². The summed E-state index contributed by atoms with van der Waals surface area (Å²) in [4.78, 5) is 21.3. The molecular formula is C24H33N5O2. The van der Waals surface area contributed by atoms with Gasteiger partial charge in [-0.2, -0.15) is 4.98 Å². The van der Waals surface area contributed by atoms with Crippen molar-refractivity contribution in [1.82, 2.24) is 25.3 Å². The SMILES string of the molecule is Cc1ccccc1-c1noc(CN2CCN(C(=O)NCCC3CC4CCC3C4)CC2)n1. The van der Waals surface area contributed by atoms with Crippen molar-refractivity contribution in [2.75, 3.05) is 32.7 Å². The molecule has 2 aromatic rings. The molecule has 1 N–H and O–H groups in total. The van der Waals surface area contributed by atoms with Crippen LogP contribution in [0.2, 0.25) is 0 Å². The van der Waals surface area contributed by atoms with Gasteiger partial charge in [0.2, 0.25) is 11.7 Å². The van der Waals surface area contributed by atoms with E-state index in [9.17, 15) is 4.79 Å². The van der Waals surface area contributed by atoms with Gasteiger partial charge in [0.05, 0.1) is 6.54 Å². The van der Waals surface area contributed by atoms with Crippen molar-refractivity contribution in [3.8, 4) is 11.4 Å². The average Bonchev–Trinajstić information content (AvgIpc) is 3.52. The maximum Gasteiger partial charge on any atom is 0.317 e. The molecule has 2 aliphatic carbocycles. The molecule has 7 heteroatoms. The van der Waals surface area contributed by atoms with E-state index in [4.69, 9.17) is 4.52 Å². The van der Waals surface area contributed by atoms with Crippen molar-refractivity contribution in [2.24, 2.45) is 17.8 Å². The summed E-state index contributed by atoms with van der Waals surface area (Å²) in [7, 11) is 0. The molecule has 2 amide bonds. The number of rotatable bonds is 6. The van der Waals surface area contributed by atoms with E-state index in [0.717, 1.165) is 68.0 Å². The number of amides is 2. The minimum atomic E-state index is 0.0856. The van der Waals surface area contributed by atoms with Crippen LogP contribution in [0.4, 0.5) is 4.79 Å². The van der Waals surface area contributed by atoms with Crippen molar-refractivity contribution in [2.45, 2.75) is 45.6 Å². The zero-order valence-electron chi connectivity index (χ0n) is 18.4. The lowest BCUT2D eigenvalue weighted by atomic mass is 9.86. The summed E-state index contributed by atoms with van der Waals surface area (Å²) in [5, 5.41) is 7.31. The fraction of sp³-hybridized carbons (Fsp3) is 0.625. The molecule has 1 aliphatic heterocycles. The Balaban J connectivity index is 1.05. The molecule has 31 heavy (non-hydrogen) atoms. The summed E-state index contributed by atoms with van der Waals surface area (Å²) < 4.78 is 5.48. The van der Waals surface area contributed by atoms with Gasteiger partial charge in [0, 0.05) is 38.3 Å². The van der Waals surface area contributed by atoms with Crippen LogP contribution >= 0.6 is 0 Å². The van der Waals surface area contributed by atoms with Gasteiger partial charge in [-0.3, -0.25) is 4.90 Å². The van der Waals surface area contributed by atoms with E-state index < -0.39 is 0 Å². The van der Waals surface area contributed by atoms with Gasteiger partial charge in [-0.25, -0.2) is 4.79 Å². The van der Waals surface area contributed by atoms with E-state index in [-0.39, 0.29) is 6.03 Å². The molecule has 1 saturated heterocycles. The number of benzene rings is 1. The number of fused-ring (bicyclic) bond motifs is 2. The highest BCUT2D eigenvalue weighted by atomic mass is 16.5. The Hall–Kier alpha value is -2.41. The quantitative estimate of drug-likeness (QED) is 0.767. The highest BCUT2D eigenvalue weighted by molar-refractivity contribution is 5.74. The first kappa shape index (κ1) is 20.5. The van der Waals surface area contributed by atoms with Crippen LogP contribution in [0.25, 0.3) is 11.4 Å². The lowest BCUT2D eigenvalue weighted by Gasteiger charge is -2.34. The zero-order chi connectivity index (χ0) is 21.2. The number of hydrogen-bond donors (Lipinski definition) is 1. The van der Waals surface area contributed by atoms with Crippen LogP contribution in [0.3, 0.4) is 0 Å². The summed E-state index contributed by atoms with van der Waals surface area (Å²) in [5.41, 5.74) is 2.14. The molecule has 2 bridgehead atoms. The highest BCUT2D eigenvalue weighted by Gasteiger charge is 2.38. The number of piperazine rings is 1. The standard InChI is InChI=1S/C24H33N5O2/c1-17-4-2-3-5-21(17)23-26-22(31-27-23)16-28-10-12-29(13-11-28)24(30)25-9-8-20-15-18-6-7-19(20)14-18/h2-5,18-20H,6-16H2,1H3,(H,25,30). The van der Waals surface area contributed by atoms with Gasteiger partial charge in [-0.15, -0.1) is 0 Å². The van der Waals surface area contributed by atoms with Crippen molar-refractivity contribution in [1.29, 1.82) is 0 Å². The summed E-state index contributed by atoms with van der Waals surface area (Å²) >= 11 is 0. The second-order valence-electron chi connectivity index (χ2n) is 9.55. The maximum atomic E-state index is 12.5. The van der Waals surface area contributed by atoms with Gasteiger partial charge >= 0.3 is 6.03 Å². The van der Waals surface area contributed by atoms with E-state index in [2.05, 4.69) is 20.4 Å². The van der Waals surface area contributed by atoms with E-state index in [1.807, 2.05) is 36.1 Å². The molecule has 0 radical (unpaired) electrons. The second kappa shape index (κ2) is 8.99. The second-order valence-corrected chi connectivity index (χ2v) is 9.55. The van der Waals surface area contributed by atoms with Crippen LogP contribution in [-0.4, -0.2) is 58.7 Å². The third kappa shape index (κ3) is 4.61. The third-order valence-corrected chi connectivity index (χ3v) is 7.55. The zero-order valence-corrected chi connectivity index (χ0v) is 18.4. The van der Waals surface area contributed by atoms with Crippen LogP contribution in [0.5, 0.6) is 0 Å². The number of aryl methyl sites for hydroxylation is 1. The Morgan fingerprint density at radius 1 is 1.16 bits per heavy atom. The third-order valence-electron chi connectivity index (χ3n) is 7.55. The Kier molecular flexibility index (Phi) is 5.94. The molecule has 2 heterocycles. The minimum Gasteiger partial charge on any atom is -0.338 e. The monoisotopic (exact) mass is 423 g/mol. The first-order chi connectivity index (χ1) is 15.2. The molecule has 2 saturated carbocycles.